The van der Waals surface area contributed by atoms with Crippen LogP contribution in [0, 0.1) is 3.57 Å². The molecule has 0 radical (unpaired) electrons. The molecule has 3 heteroatoms. The first kappa shape index (κ1) is 10.5. The standard InChI is InChI=1S/C11H8ClIS/c12-11(10-6-3-7-14-10)8-4-1-2-5-9(8)13/h1-7,11H. The Morgan fingerprint density at radius 2 is 1.93 bits per heavy atom. The molecule has 0 aliphatic rings. The highest BCUT2D eigenvalue weighted by molar-refractivity contribution is 14.1. The van der Waals surface area contributed by atoms with Crippen molar-refractivity contribution >= 4 is 45.5 Å². The van der Waals surface area contributed by atoms with E-state index in [2.05, 4.69) is 46.2 Å². The molecule has 1 unspecified atom stereocenters. The van der Waals surface area contributed by atoms with Gasteiger partial charge in [-0.1, -0.05) is 24.3 Å². The summed E-state index contributed by atoms with van der Waals surface area (Å²) in [4.78, 5) is 1.20. The Labute approximate surface area is 106 Å². The highest BCUT2D eigenvalue weighted by Gasteiger charge is 2.13. The molecule has 1 atom stereocenters. The molecule has 0 amide bonds. The van der Waals surface area contributed by atoms with Gasteiger partial charge in [0.25, 0.3) is 0 Å². The van der Waals surface area contributed by atoms with E-state index in [0.29, 0.717) is 0 Å². The van der Waals surface area contributed by atoms with Crippen molar-refractivity contribution in [3.63, 3.8) is 0 Å². The molecule has 2 rings (SSSR count). The lowest BCUT2D eigenvalue weighted by Crippen LogP contribution is -1.92. The van der Waals surface area contributed by atoms with Crippen LogP contribution in [0.1, 0.15) is 15.8 Å². The van der Waals surface area contributed by atoms with Crippen LogP contribution in [0.15, 0.2) is 41.8 Å². The second-order valence-electron chi connectivity index (χ2n) is 2.90. The summed E-state index contributed by atoms with van der Waals surface area (Å²) < 4.78 is 1.22. The summed E-state index contributed by atoms with van der Waals surface area (Å²) in [5, 5.41) is 2.05. The molecule has 1 aromatic carbocycles. The van der Waals surface area contributed by atoms with Crippen LogP contribution in [0.25, 0.3) is 0 Å². The van der Waals surface area contributed by atoms with Crippen LogP contribution in [0.5, 0.6) is 0 Å². The zero-order chi connectivity index (χ0) is 9.97. The van der Waals surface area contributed by atoms with E-state index in [1.807, 2.05) is 18.2 Å². The van der Waals surface area contributed by atoms with Crippen molar-refractivity contribution in [2.24, 2.45) is 0 Å². The first-order chi connectivity index (χ1) is 6.79. The van der Waals surface area contributed by atoms with E-state index >= 15 is 0 Å². The SMILES string of the molecule is ClC(c1cccs1)c1ccccc1I. The van der Waals surface area contributed by atoms with E-state index in [1.165, 1.54) is 14.0 Å². The number of hydrogen-bond acceptors (Lipinski definition) is 1. The lowest BCUT2D eigenvalue weighted by molar-refractivity contribution is 1.17. The largest absolute Gasteiger partial charge is 0.147 e. The van der Waals surface area contributed by atoms with Crippen LogP contribution in [0.2, 0.25) is 0 Å². The van der Waals surface area contributed by atoms with Crippen LogP contribution in [0.3, 0.4) is 0 Å². The van der Waals surface area contributed by atoms with Crippen molar-refractivity contribution in [1.29, 1.82) is 0 Å². The van der Waals surface area contributed by atoms with Gasteiger partial charge in [0.15, 0.2) is 0 Å². The van der Waals surface area contributed by atoms with Crippen molar-refractivity contribution in [3.8, 4) is 0 Å². The molecule has 0 spiro atoms. The van der Waals surface area contributed by atoms with Crippen LogP contribution in [0.4, 0.5) is 0 Å². The summed E-state index contributed by atoms with van der Waals surface area (Å²) in [5.74, 6) is 0. The minimum Gasteiger partial charge on any atom is -0.147 e. The molecule has 1 aromatic heterocycles. The number of benzene rings is 1. The van der Waals surface area contributed by atoms with Gasteiger partial charge in [-0.15, -0.1) is 22.9 Å². The molecule has 0 aliphatic heterocycles. The fourth-order valence-electron chi connectivity index (χ4n) is 1.27. The third-order valence-electron chi connectivity index (χ3n) is 1.97. The Hall–Kier alpha value is -0.0600. The zero-order valence-corrected chi connectivity index (χ0v) is 11.0. The first-order valence-electron chi connectivity index (χ1n) is 4.21. The highest BCUT2D eigenvalue weighted by Crippen LogP contribution is 2.34. The molecule has 0 N–H and O–H groups in total. The van der Waals surface area contributed by atoms with E-state index < -0.39 is 0 Å². The summed E-state index contributed by atoms with van der Waals surface area (Å²) in [6, 6.07) is 12.3. The second-order valence-corrected chi connectivity index (χ2v) is 5.48. The van der Waals surface area contributed by atoms with Gasteiger partial charge in [-0.3, -0.25) is 0 Å². The monoisotopic (exact) mass is 334 g/mol. The zero-order valence-electron chi connectivity index (χ0n) is 7.28. The van der Waals surface area contributed by atoms with Gasteiger partial charge in [-0.2, -0.15) is 0 Å². The van der Waals surface area contributed by atoms with Crippen LogP contribution in [-0.2, 0) is 0 Å². The quantitative estimate of drug-likeness (QED) is 0.552. The Morgan fingerprint density at radius 1 is 1.14 bits per heavy atom. The molecular weight excluding hydrogens is 327 g/mol. The smallest absolute Gasteiger partial charge is 0.0937 e. The number of halogens is 2. The maximum atomic E-state index is 6.38. The van der Waals surface area contributed by atoms with E-state index in [0.717, 1.165) is 0 Å². The maximum Gasteiger partial charge on any atom is 0.0937 e. The molecule has 0 bridgehead atoms. The van der Waals surface area contributed by atoms with Crippen LogP contribution >= 0.6 is 45.5 Å². The second kappa shape index (κ2) is 4.64. The topological polar surface area (TPSA) is 0 Å². The Bertz CT molecular complexity index is 411. The minimum absolute atomic E-state index is 0.0110. The number of hydrogen-bond donors (Lipinski definition) is 0. The summed E-state index contributed by atoms with van der Waals surface area (Å²) in [6.45, 7) is 0. The van der Waals surface area contributed by atoms with Gasteiger partial charge in [-0.05, 0) is 45.7 Å². The normalized spacial score (nSPS) is 12.7. The fraction of sp³-hybridized carbons (Fsp3) is 0.0909. The van der Waals surface area contributed by atoms with Crippen molar-refractivity contribution in [2.75, 3.05) is 0 Å². The summed E-state index contributed by atoms with van der Waals surface area (Å²) in [5.41, 5.74) is 1.19. The van der Waals surface area contributed by atoms with Crippen molar-refractivity contribution in [2.45, 2.75) is 5.38 Å². The molecule has 0 nitrogen and oxygen atoms in total. The summed E-state index contributed by atoms with van der Waals surface area (Å²) >= 11 is 10.4. The van der Waals surface area contributed by atoms with Gasteiger partial charge >= 0.3 is 0 Å². The lowest BCUT2D eigenvalue weighted by atomic mass is 10.1. The summed E-state index contributed by atoms with van der Waals surface area (Å²) in [7, 11) is 0. The molecule has 0 saturated heterocycles. The van der Waals surface area contributed by atoms with Gasteiger partial charge < -0.3 is 0 Å². The predicted molar refractivity (Wildman–Crippen MR) is 71.2 cm³/mol. The molecule has 0 fully saturated rings. The van der Waals surface area contributed by atoms with E-state index in [9.17, 15) is 0 Å². The van der Waals surface area contributed by atoms with Gasteiger partial charge in [0.1, 0.15) is 0 Å². The molecule has 1 heterocycles. The van der Waals surface area contributed by atoms with Gasteiger partial charge in [-0.25, -0.2) is 0 Å². The van der Waals surface area contributed by atoms with Crippen LogP contribution < -0.4 is 0 Å². The van der Waals surface area contributed by atoms with E-state index in [4.69, 9.17) is 11.6 Å². The van der Waals surface area contributed by atoms with Crippen molar-refractivity contribution in [1.82, 2.24) is 0 Å². The Morgan fingerprint density at radius 3 is 2.57 bits per heavy atom. The summed E-state index contributed by atoms with van der Waals surface area (Å²) in [6.07, 6.45) is 0. The van der Waals surface area contributed by atoms with Crippen molar-refractivity contribution in [3.05, 3.63) is 55.8 Å². The number of alkyl halides is 1. The van der Waals surface area contributed by atoms with E-state index in [-0.39, 0.29) is 5.38 Å². The molecule has 72 valence electrons. The average molecular weight is 335 g/mol. The highest BCUT2D eigenvalue weighted by atomic mass is 127. The Kier molecular flexibility index (Phi) is 3.47. The first-order valence-corrected chi connectivity index (χ1v) is 6.60. The molecule has 14 heavy (non-hydrogen) atoms. The predicted octanol–water partition coefficient (Wildman–Crippen LogP) is 4.68. The van der Waals surface area contributed by atoms with Gasteiger partial charge in [0.05, 0.1) is 5.38 Å². The van der Waals surface area contributed by atoms with Gasteiger partial charge in [0.2, 0.25) is 0 Å². The molecular formula is C11H8ClIS. The average Bonchev–Trinajstić information content (AvgIpc) is 2.70. The van der Waals surface area contributed by atoms with Crippen molar-refractivity contribution < 1.29 is 0 Å². The third-order valence-corrected chi connectivity index (χ3v) is 4.49. The molecule has 0 aliphatic carbocycles. The maximum absolute atomic E-state index is 6.38. The third kappa shape index (κ3) is 2.12. The molecule has 2 aromatic rings. The lowest BCUT2D eigenvalue weighted by Gasteiger charge is -2.09. The number of thiophene rings is 1. The van der Waals surface area contributed by atoms with Gasteiger partial charge in [0, 0.05) is 8.45 Å². The fourth-order valence-corrected chi connectivity index (χ4v) is 3.29. The molecule has 0 saturated carbocycles. The minimum atomic E-state index is -0.0110. The van der Waals surface area contributed by atoms with Crippen LogP contribution in [-0.4, -0.2) is 0 Å². The Balaban J connectivity index is 2.37. The van der Waals surface area contributed by atoms with E-state index in [1.54, 1.807) is 11.3 Å². The number of rotatable bonds is 2.